The molecule has 4 aliphatic carbocycles. The van der Waals surface area contributed by atoms with E-state index in [1.54, 1.807) is 5.57 Å². The van der Waals surface area contributed by atoms with Gasteiger partial charge < -0.3 is 0 Å². The van der Waals surface area contributed by atoms with Gasteiger partial charge in [0, 0.05) is 0 Å². The smallest absolute Gasteiger partial charge is 0.0162 e. The van der Waals surface area contributed by atoms with Gasteiger partial charge in [-0.05, 0) is 30.6 Å². The van der Waals surface area contributed by atoms with Gasteiger partial charge in [-0.3, -0.25) is 0 Å². The molecule has 0 N–H and O–H groups in total. The summed E-state index contributed by atoms with van der Waals surface area (Å²) >= 11 is 0. The monoisotopic (exact) mass is 92.1 g/mol. The first-order chi connectivity index (χ1) is 3.45. The molecule has 0 saturated heterocycles. The molecule has 36 valence electrons. The highest BCUT2D eigenvalue weighted by Gasteiger charge is 2.57. The van der Waals surface area contributed by atoms with Crippen LogP contribution in [0.2, 0.25) is 0 Å². The third-order valence-corrected chi connectivity index (χ3v) is 2.82. The van der Waals surface area contributed by atoms with E-state index in [0.29, 0.717) is 0 Å². The SMILES string of the molecule is C1=C2CC3C1C3C2. The van der Waals surface area contributed by atoms with Crippen LogP contribution in [0.4, 0.5) is 0 Å². The molecule has 2 unspecified atom stereocenters. The summed E-state index contributed by atoms with van der Waals surface area (Å²) in [5.74, 6) is 3.42. The van der Waals surface area contributed by atoms with E-state index in [-0.39, 0.29) is 0 Å². The normalized spacial score (nSPS) is 60.6. The summed E-state index contributed by atoms with van der Waals surface area (Å²) in [5, 5.41) is 0. The van der Waals surface area contributed by atoms with Gasteiger partial charge in [-0.25, -0.2) is 0 Å². The van der Waals surface area contributed by atoms with E-state index >= 15 is 0 Å². The Labute approximate surface area is 43.2 Å². The van der Waals surface area contributed by atoms with E-state index in [1.807, 2.05) is 0 Å². The van der Waals surface area contributed by atoms with Crippen molar-refractivity contribution >= 4 is 0 Å². The first kappa shape index (κ1) is 2.91. The summed E-state index contributed by atoms with van der Waals surface area (Å²) in [7, 11) is 0. The maximum absolute atomic E-state index is 2.51. The second-order valence-corrected chi connectivity index (χ2v) is 3.14. The second-order valence-electron chi connectivity index (χ2n) is 3.14. The van der Waals surface area contributed by atoms with Crippen LogP contribution in [-0.2, 0) is 0 Å². The Morgan fingerprint density at radius 3 is 2.14 bits per heavy atom. The van der Waals surface area contributed by atoms with Gasteiger partial charge in [-0.15, -0.1) is 0 Å². The molecule has 0 aromatic heterocycles. The highest BCUT2D eigenvalue weighted by molar-refractivity contribution is 5.34. The lowest BCUT2D eigenvalue weighted by atomic mass is 10.3. The van der Waals surface area contributed by atoms with Crippen molar-refractivity contribution < 1.29 is 0 Å². The van der Waals surface area contributed by atoms with Crippen molar-refractivity contribution in [2.45, 2.75) is 12.8 Å². The fourth-order valence-corrected chi connectivity index (χ4v) is 2.39. The van der Waals surface area contributed by atoms with Crippen molar-refractivity contribution in [3.8, 4) is 0 Å². The Morgan fingerprint density at radius 1 is 1.29 bits per heavy atom. The number of hydrogen-bond donors (Lipinski definition) is 0. The third-order valence-electron chi connectivity index (χ3n) is 2.82. The van der Waals surface area contributed by atoms with Gasteiger partial charge in [0.15, 0.2) is 0 Å². The van der Waals surface area contributed by atoms with Crippen LogP contribution in [0.15, 0.2) is 11.6 Å². The van der Waals surface area contributed by atoms with Gasteiger partial charge in [-0.1, -0.05) is 11.6 Å². The summed E-state index contributed by atoms with van der Waals surface area (Å²) in [6.07, 6.45) is 5.47. The van der Waals surface area contributed by atoms with Crippen molar-refractivity contribution in [2.24, 2.45) is 17.8 Å². The predicted octanol–water partition coefficient (Wildman–Crippen LogP) is 1.58. The molecule has 0 nitrogen and oxygen atoms in total. The molecular formula is C7H8. The van der Waals surface area contributed by atoms with Crippen molar-refractivity contribution in [3.05, 3.63) is 11.6 Å². The number of rotatable bonds is 0. The molecule has 2 saturated carbocycles. The maximum Gasteiger partial charge on any atom is -0.0162 e. The molecule has 0 aromatic rings. The van der Waals surface area contributed by atoms with Crippen molar-refractivity contribution in [1.29, 1.82) is 0 Å². The second kappa shape index (κ2) is 0.594. The van der Waals surface area contributed by atoms with Crippen LogP contribution in [0, 0.1) is 17.8 Å². The zero-order valence-corrected chi connectivity index (χ0v) is 4.22. The average molecular weight is 92.1 g/mol. The van der Waals surface area contributed by atoms with Crippen molar-refractivity contribution in [1.82, 2.24) is 0 Å². The molecule has 4 rings (SSSR count). The molecule has 0 aliphatic heterocycles. The molecule has 0 heteroatoms. The number of hydrogen-bond acceptors (Lipinski definition) is 0. The van der Waals surface area contributed by atoms with Gasteiger partial charge in [0.1, 0.15) is 0 Å². The Kier molecular flexibility index (Phi) is 0.247. The van der Waals surface area contributed by atoms with Gasteiger partial charge in [0.2, 0.25) is 0 Å². The lowest BCUT2D eigenvalue weighted by Gasteiger charge is -1.80. The Balaban J connectivity index is 2.30. The molecule has 2 fully saturated rings. The quantitative estimate of drug-likeness (QED) is 0.398. The van der Waals surface area contributed by atoms with E-state index in [9.17, 15) is 0 Å². The van der Waals surface area contributed by atoms with Crippen LogP contribution in [0.5, 0.6) is 0 Å². The van der Waals surface area contributed by atoms with Gasteiger partial charge in [-0.2, -0.15) is 0 Å². The van der Waals surface area contributed by atoms with Crippen molar-refractivity contribution in [3.63, 3.8) is 0 Å². The molecule has 0 radical (unpaired) electrons. The lowest BCUT2D eigenvalue weighted by Crippen LogP contribution is -1.65. The average Bonchev–Trinajstić information content (AvgIpc) is 2.10. The fourth-order valence-electron chi connectivity index (χ4n) is 2.39. The first-order valence-electron chi connectivity index (χ1n) is 3.15. The Bertz CT molecular complexity index is 141. The zero-order valence-electron chi connectivity index (χ0n) is 4.22. The van der Waals surface area contributed by atoms with Gasteiger partial charge in [0.25, 0.3) is 0 Å². The zero-order chi connectivity index (χ0) is 4.43. The summed E-state index contributed by atoms with van der Waals surface area (Å²) in [4.78, 5) is 0. The molecule has 0 spiro atoms. The van der Waals surface area contributed by atoms with Gasteiger partial charge >= 0.3 is 0 Å². The minimum absolute atomic E-state index is 1.09. The van der Waals surface area contributed by atoms with Crippen LogP contribution in [0.25, 0.3) is 0 Å². The molecule has 4 bridgehead atoms. The summed E-state index contributed by atoms with van der Waals surface area (Å²) in [5.41, 5.74) is 1.78. The van der Waals surface area contributed by atoms with E-state index in [2.05, 4.69) is 6.08 Å². The highest BCUT2D eigenvalue weighted by Crippen LogP contribution is 2.66. The molecule has 0 heterocycles. The van der Waals surface area contributed by atoms with Crippen LogP contribution in [-0.4, -0.2) is 0 Å². The maximum atomic E-state index is 2.51. The van der Waals surface area contributed by atoms with Crippen LogP contribution in [0.1, 0.15) is 12.8 Å². The largest absolute Gasteiger partial charge is 0.0816 e. The minimum atomic E-state index is 1.09. The van der Waals surface area contributed by atoms with Crippen molar-refractivity contribution in [2.75, 3.05) is 0 Å². The standard InChI is InChI=1S/C7H8/c1-4-2-6-5(1)7(6)3-4/h1,5-7H,2-3H2. The highest BCUT2D eigenvalue weighted by atomic mass is 14.6. The van der Waals surface area contributed by atoms with Crippen LogP contribution in [0.3, 0.4) is 0 Å². The Morgan fingerprint density at radius 2 is 2.00 bits per heavy atom. The van der Waals surface area contributed by atoms with E-state index < -0.39 is 0 Å². The van der Waals surface area contributed by atoms with Gasteiger partial charge in [0.05, 0.1) is 0 Å². The van der Waals surface area contributed by atoms with Crippen LogP contribution < -0.4 is 0 Å². The topological polar surface area (TPSA) is 0 Å². The van der Waals surface area contributed by atoms with Crippen LogP contribution >= 0.6 is 0 Å². The minimum Gasteiger partial charge on any atom is -0.0816 e. The molecule has 0 amide bonds. The summed E-state index contributed by atoms with van der Waals surface area (Å²) in [6, 6.07) is 0. The van der Waals surface area contributed by atoms with E-state index in [0.717, 1.165) is 17.8 Å². The fraction of sp³-hybridized carbons (Fsp3) is 0.714. The Hall–Kier alpha value is -0.260. The number of allylic oxidation sites excluding steroid dienone is 2. The van der Waals surface area contributed by atoms with E-state index in [1.165, 1.54) is 12.8 Å². The predicted molar refractivity (Wildman–Crippen MR) is 27.8 cm³/mol. The molecule has 0 aromatic carbocycles. The molecule has 4 aliphatic rings. The summed E-state index contributed by atoms with van der Waals surface area (Å²) < 4.78 is 0. The molecule has 7 heavy (non-hydrogen) atoms. The lowest BCUT2D eigenvalue weighted by molar-refractivity contribution is 0.834. The summed E-state index contributed by atoms with van der Waals surface area (Å²) in [6.45, 7) is 0. The molecular weight excluding hydrogens is 84.1 g/mol. The first-order valence-corrected chi connectivity index (χ1v) is 3.15. The van der Waals surface area contributed by atoms with E-state index in [4.69, 9.17) is 0 Å². The third kappa shape index (κ3) is 0.170. The molecule has 2 atom stereocenters.